The minimum Gasteiger partial charge on any atom is -0.465 e. The number of benzene rings is 2. The highest BCUT2D eigenvalue weighted by Gasteiger charge is 2.16. The van der Waals surface area contributed by atoms with Crippen LogP contribution in [-0.2, 0) is 9.53 Å². The quantitative estimate of drug-likeness (QED) is 0.153. The Bertz CT molecular complexity index is 1480. The van der Waals surface area contributed by atoms with E-state index in [2.05, 4.69) is 14.9 Å². The van der Waals surface area contributed by atoms with Crippen LogP contribution in [0, 0.1) is 24.0 Å². The lowest BCUT2D eigenvalue weighted by molar-refractivity contribution is -0.385. The van der Waals surface area contributed by atoms with Gasteiger partial charge >= 0.3 is 5.97 Å². The Morgan fingerprint density at radius 1 is 1.14 bits per heavy atom. The third kappa shape index (κ3) is 5.08. The number of para-hydroxylation sites is 1. The Hall–Kier alpha value is -4.57. The average Bonchev–Trinajstić information content (AvgIpc) is 3.45. The largest absolute Gasteiger partial charge is 0.465 e. The van der Waals surface area contributed by atoms with Crippen LogP contribution < -0.4 is 5.32 Å². The summed E-state index contributed by atoms with van der Waals surface area (Å²) < 4.78 is 6.82. The number of nitro groups is 1. The first kappa shape index (κ1) is 24.6. The molecule has 2 heterocycles. The van der Waals surface area contributed by atoms with Crippen molar-refractivity contribution in [3.63, 3.8) is 0 Å². The number of nitrogens with one attached hydrogen (secondary N) is 1. The molecule has 0 radical (unpaired) electrons. The number of aryl methyl sites for hydroxylation is 1. The van der Waals surface area contributed by atoms with Gasteiger partial charge in [0, 0.05) is 40.2 Å². The van der Waals surface area contributed by atoms with Crippen LogP contribution in [0.25, 0.3) is 23.0 Å². The number of esters is 1. The van der Waals surface area contributed by atoms with Gasteiger partial charge in [-0.15, -0.1) is 11.3 Å². The van der Waals surface area contributed by atoms with Gasteiger partial charge in [-0.3, -0.25) is 20.2 Å². The molecule has 1 N–H and O–H groups in total. The maximum atomic E-state index is 12.4. The zero-order valence-corrected chi connectivity index (χ0v) is 20.5. The van der Waals surface area contributed by atoms with Gasteiger partial charge in [0.1, 0.15) is 0 Å². The van der Waals surface area contributed by atoms with Crippen molar-refractivity contribution in [2.24, 2.45) is 0 Å². The number of ether oxygens (including phenoxy) is 1. The van der Waals surface area contributed by atoms with Gasteiger partial charge in [-0.2, -0.15) is 0 Å². The summed E-state index contributed by atoms with van der Waals surface area (Å²) in [6.07, 6.45) is 2.65. The molecule has 0 aliphatic carbocycles. The molecular weight excluding hydrogens is 480 g/mol. The van der Waals surface area contributed by atoms with Gasteiger partial charge in [0.25, 0.3) is 5.69 Å². The summed E-state index contributed by atoms with van der Waals surface area (Å²) in [7, 11) is 1.35. The first-order valence-electron chi connectivity index (χ1n) is 10.8. The number of amides is 1. The molecule has 10 heteroatoms. The van der Waals surface area contributed by atoms with E-state index in [1.165, 1.54) is 36.7 Å². The number of hydrogen-bond acceptors (Lipinski definition) is 7. The predicted molar refractivity (Wildman–Crippen MR) is 138 cm³/mol. The Morgan fingerprint density at radius 3 is 2.56 bits per heavy atom. The van der Waals surface area contributed by atoms with Crippen molar-refractivity contribution < 1.29 is 19.2 Å². The molecule has 0 saturated heterocycles. The van der Waals surface area contributed by atoms with Gasteiger partial charge in [-0.25, -0.2) is 9.78 Å². The standard InChI is InChI=1S/C26H22N4O5S/c1-16-14-21(17(2)29(16)20-11-8-19(9-12-20)25(32)35-3)22-15-36-26(27-22)28-24(31)13-10-18-6-4-5-7-23(18)30(33)34/h4-15H,1-3H3,(H,27,28,31)/b13-10+. The van der Waals surface area contributed by atoms with E-state index in [0.29, 0.717) is 22.0 Å². The number of carbonyl (C=O) groups excluding carboxylic acids is 2. The molecule has 0 aliphatic rings. The molecule has 36 heavy (non-hydrogen) atoms. The molecule has 0 spiro atoms. The fraction of sp³-hybridized carbons (Fsp3) is 0.115. The number of hydrogen-bond donors (Lipinski definition) is 1. The van der Waals surface area contributed by atoms with E-state index in [1.54, 1.807) is 30.3 Å². The second kappa shape index (κ2) is 10.4. The Labute approximate surface area is 210 Å². The lowest BCUT2D eigenvalue weighted by Gasteiger charge is -2.10. The molecule has 0 atom stereocenters. The molecule has 0 saturated carbocycles. The number of anilines is 1. The van der Waals surface area contributed by atoms with E-state index < -0.39 is 16.8 Å². The molecule has 0 unspecified atom stereocenters. The van der Waals surface area contributed by atoms with Crippen LogP contribution >= 0.6 is 11.3 Å². The number of carbonyl (C=O) groups is 2. The lowest BCUT2D eigenvalue weighted by atomic mass is 10.1. The summed E-state index contributed by atoms with van der Waals surface area (Å²) in [5.74, 6) is -0.831. The van der Waals surface area contributed by atoms with E-state index in [4.69, 9.17) is 4.74 Å². The van der Waals surface area contributed by atoms with Crippen molar-refractivity contribution >= 4 is 40.1 Å². The summed E-state index contributed by atoms with van der Waals surface area (Å²) in [5, 5.41) is 16.1. The number of methoxy groups -OCH3 is 1. The highest BCUT2D eigenvalue weighted by atomic mass is 32.1. The Kier molecular flexibility index (Phi) is 7.07. The van der Waals surface area contributed by atoms with E-state index in [9.17, 15) is 19.7 Å². The maximum Gasteiger partial charge on any atom is 0.337 e. The Morgan fingerprint density at radius 2 is 1.86 bits per heavy atom. The van der Waals surface area contributed by atoms with Gasteiger partial charge in [-0.1, -0.05) is 12.1 Å². The summed E-state index contributed by atoms with van der Waals surface area (Å²) in [5.41, 5.74) is 5.20. The normalized spacial score (nSPS) is 11.0. The third-order valence-corrected chi connectivity index (χ3v) is 6.29. The minimum atomic E-state index is -0.491. The molecule has 0 fully saturated rings. The highest BCUT2D eigenvalue weighted by molar-refractivity contribution is 7.14. The van der Waals surface area contributed by atoms with Crippen LogP contribution in [0.3, 0.4) is 0 Å². The zero-order chi connectivity index (χ0) is 25.8. The second-order valence-corrected chi connectivity index (χ2v) is 8.69. The van der Waals surface area contributed by atoms with Gasteiger partial charge in [0.15, 0.2) is 5.13 Å². The molecule has 9 nitrogen and oxygen atoms in total. The first-order valence-corrected chi connectivity index (χ1v) is 11.7. The lowest BCUT2D eigenvalue weighted by Crippen LogP contribution is -2.07. The molecule has 1 amide bonds. The van der Waals surface area contributed by atoms with Crippen molar-refractivity contribution in [3.8, 4) is 16.9 Å². The van der Waals surface area contributed by atoms with Crippen molar-refractivity contribution in [1.29, 1.82) is 0 Å². The van der Waals surface area contributed by atoms with Crippen molar-refractivity contribution in [2.75, 3.05) is 12.4 Å². The van der Waals surface area contributed by atoms with Gasteiger partial charge in [0.05, 0.1) is 28.9 Å². The number of thiazole rings is 1. The maximum absolute atomic E-state index is 12.4. The van der Waals surface area contributed by atoms with Crippen LogP contribution in [0.2, 0.25) is 0 Å². The molecule has 0 aliphatic heterocycles. The van der Waals surface area contributed by atoms with Crippen molar-refractivity contribution in [3.05, 3.63) is 98.7 Å². The monoisotopic (exact) mass is 502 g/mol. The summed E-state index contributed by atoms with van der Waals surface area (Å²) in [4.78, 5) is 39.3. The average molecular weight is 503 g/mol. The first-order chi connectivity index (χ1) is 17.3. The van der Waals surface area contributed by atoms with Gasteiger partial charge < -0.3 is 9.30 Å². The third-order valence-electron chi connectivity index (χ3n) is 5.54. The smallest absolute Gasteiger partial charge is 0.337 e. The fourth-order valence-corrected chi connectivity index (χ4v) is 4.56. The van der Waals surface area contributed by atoms with Crippen molar-refractivity contribution in [1.82, 2.24) is 9.55 Å². The van der Waals surface area contributed by atoms with Crippen LogP contribution in [0.5, 0.6) is 0 Å². The zero-order valence-electron chi connectivity index (χ0n) is 19.7. The number of aromatic nitrogens is 2. The van der Waals surface area contributed by atoms with Crippen LogP contribution in [0.4, 0.5) is 10.8 Å². The van der Waals surface area contributed by atoms with E-state index in [1.807, 2.05) is 37.4 Å². The molecule has 0 bridgehead atoms. The van der Waals surface area contributed by atoms with Gasteiger partial charge in [-0.05, 0) is 56.3 Å². The topological polar surface area (TPSA) is 116 Å². The van der Waals surface area contributed by atoms with E-state index in [-0.39, 0.29) is 5.69 Å². The Balaban J connectivity index is 1.51. The number of nitro benzene ring substituents is 1. The molecule has 182 valence electrons. The number of nitrogens with zero attached hydrogens (tertiary/aromatic N) is 3. The molecule has 2 aromatic heterocycles. The number of rotatable bonds is 7. The summed E-state index contributed by atoms with van der Waals surface area (Å²) in [6, 6.07) is 15.3. The molecule has 4 aromatic rings. The van der Waals surface area contributed by atoms with Gasteiger partial charge in [0.2, 0.25) is 5.91 Å². The van der Waals surface area contributed by atoms with Crippen molar-refractivity contribution in [2.45, 2.75) is 13.8 Å². The SMILES string of the molecule is COC(=O)c1ccc(-n2c(C)cc(-c3csc(NC(=O)/C=C/c4ccccc4[N+](=O)[O-])n3)c2C)cc1. The molecule has 2 aromatic carbocycles. The van der Waals surface area contributed by atoms with Crippen LogP contribution in [0.1, 0.15) is 27.3 Å². The van der Waals surface area contributed by atoms with E-state index in [0.717, 1.165) is 22.6 Å². The molecular formula is C26H22N4O5S. The minimum absolute atomic E-state index is 0.0756. The second-order valence-electron chi connectivity index (χ2n) is 7.84. The molecule has 4 rings (SSSR count). The van der Waals surface area contributed by atoms with E-state index >= 15 is 0 Å². The predicted octanol–water partition coefficient (Wildman–Crippen LogP) is 5.56. The summed E-state index contributed by atoms with van der Waals surface area (Å²) >= 11 is 1.28. The van der Waals surface area contributed by atoms with Crippen LogP contribution in [0.15, 0.2) is 66.1 Å². The highest BCUT2D eigenvalue weighted by Crippen LogP contribution is 2.32. The van der Waals surface area contributed by atoms with Crippen LogP contribution in [-0.4, -0.2) is 33.5 Å². The fourth-order valence-electron chi connectivity index (χ4n) is 3.85. The summed E-state index contributed by atoms with van der Waals surface area (Å²) in [6.45, 7) is 3.96.